The first-order valence-corrected chi connectivity index (χ1v) is 7.69. The van der Waals surface area contributed by atoms with Gasteiger partial charge in [0.15, 0.2) is 0 Å². The molecule has 2 rings (SSSR count). The SMILES string of the molecule is CN1C2CCC1CN(CCCC(C)(C)C(=N)N)CC2. The molecule has 2 heterocycles. The number of hydrogen-bond acceptors (Lipinski definition) is 3. The maximum absolute atomic E-state index is 7.61. The smallest absolute Gasteiger partial charge is 0.0963 e. The predicted octanol–water partition coefficient (Wildman–Crippen LogP) is 1.90. The minimum atomic E-state index is -0.137. The van der Waals surface area contributed by atoms with Crippen LogP contribution in [0.3, 0.4) is 0 Å². The van der Waals surface area contributed by atoms with Gasteiger partial charge in [-0.3, -0.25) is 10.3 Å². The van der Waals surface area contributed by atoms with E-state index in [1.807, 2.05) is 0 Å². The molecule has 2 bridgehead atoms. The summed E-state index contributed by atoms with van der Waals surface area (Å²) in [4.78, 5) is 5.22. The number of fused-ring (bicyclic) bond motifs is 2. The van der Waals surface area contributed by atoms with E-state index < -0.39 is 0 Å². The Morgan fingerprint density at radius 1 is 1.26 bits per heavy atom. The molecule has 2 fully saturated rings. The topological polar surface area (TPSA) is 56.4 Å². The number of nitrogens with one attached hydrogen (secondary N) is 1. The minimum absolute atomic E-state index is 0.137. The number of amidine groups is 1. The molecule has 0 radical (unpaired) electrons. The summed E-state index contributed by atoms with van der Waals surface area (Å²) in [6.45, 7) is 7.79. The van der Waals surface area contributed by atoms with Crippen molar-refractivity contribution < 1.29 is 0 Å². The molecular formula is C15H30N4. The summed E-state index contributed by atoms with van der Waals surface area (Å²) < 4.78 is 0. The Kier molecular flexibility index (Phi) is 4.51. The predicted molar refractivity (Wildman–Crippen MR) is 80.6 cm³/mol. The van der Waals surface area contributed by atoms with Crippen LogP contribution in [0.4, 0.5) is 0 Å². The summed E-state index contributed by atoms with van der Waals surface area (Å²) in [7, 11) is 2.30. The van der Waals surface area contributed by atoms with E-state index in [0.717, 1.165) is 31.5 Å². The quantitative estimate of drug-likeness (QED) is 0.590. The van der Waals surface area contributed by atoms with Gasteiger partial charge >= 0.3 is 0 Å². The van der Waals surface area contributed by atoms with Crippen molar-refractivity contribution in [3.8, 4) is 0 Å². The summed E-state index contributed by atoms with van der Waals surface area (Å²) in [5.74, 6) is 0.321. The molecular weight excluding hydrogens is 236 g/mol. The van der Waals surface area contributed by atoms with Crippen molar-refractivity contribution in [2.75, 3.05) is 26.7 Å². The molecule has 0 aromatic carbocycles. The van der Waals surface area contributed by atoms with Crippen molar-refractivity contribution in [3.63, 3.8) is 0 Å². The maximum atomic E-state index is 7.61. The molecule has 0 aromatic rings. The molecule has 0 amide bonds. The van der Waals surface area contributed by atoms with Crippen molar-refractivity contribution in [2.24, 2.45) is 11.1 Å². The Bertz CT molecular complexity index is 326. The number of likely N-dealkylation sites (tertiary alicyclic amines) is 1. The van der Waals surface area contributed by atoms with E-state index >= 15 is 0 Å². The highest BCUT2D eigenvalue weighted by atomic mass is 15.3. The molecule has 4 heteroatoms. The molecule has 0 aliphatic carbocycles. The number of rotatable bonds is 5. The molecule has 2 atom stereocenters. The fourth-order valence-corrected chi connectivity index (χ4v) is 3.46. The van der Waals surface area contributed by atoms with Gasteiger partial charge in [0.1, 0.15) is 0 Å². The van der Waals surface area contributed by atoms with Gasteiger partial charge in [-0.25, -0.2) is 0 Å². The van der Waals surface area contributed by atoms with Crippen molar-refractivity contribution >= 4 is 5.84 Å². The third-order valence-corrected chi connectivity index (χ3v) is 5.24. The Balaban J connectivity index is 1.77. The van der Waals surface area contributed by atoms with E-state index in [4.69, 9.17) is 11.1 Å². The molecule has 2 saturated heterocycles. The van der Waals surface area contributed by atoms with Crippen LogP contribution in [0, 0.1) is 10.8 Å². The van der Waals surface area contributed by atoms with Crippen molar-refractivity contribution in [1.82, 2.24) is 9.80 Å². The molecule has 0 spiro atoms. The van der Waals surface area contributed by atoms with E-state index in [9.17, 15) is 0 Å². The van der Waals surface area contributed by atoms with E-state index in [1.54, 1.807) is 0 Å². The average Bonchev–Trinajstić information content (AvgIpc) is 2.56. The van der Waals surface area contributed by atoms with Crippen LogP contribution in [0.1, 0.15) is 46.0 Å². The molecule has 2 unspecified atom stereocenters. The van der Waals surface area contributed by atoms with Gasteiger partial charge < -0.3 is 10.6 Å². The summed E-state index contributed by atoms with van der Waals surface area (Å²) in [5, 5.41) is 7.61. The van der Waals surface area contributed by atoms with Crippen LogP contribution in [-0.2, 0) is 0 Å². The Morgan fingerprint density at radius 2 is 1.95 bits per heavy atom. The summed E-state index contributed by atoms with van der Waals surface area (Å²) >= 11 is 0. The molecule has 3 N–H and O–H groups in total. The molecule has 0 saturated carbocycles. The second-order valence-corrected chi connectivity index (χ2v) is 7.04. The minimum Gasteiger partial charge on any atom is -0.387 e. The Morgan fingerprint density at radius 3 is 2.63 bits per heavy atom. The summed E-state index contributed by atoms with van der Waals surface area (Å²) in [6, 6.07) is 1.59. The molecule has 0 aromatic heterocycles. The van der Waals surface area contributed by atoms with E-state index in [0.29, 0.717) is 5.84 Å². The zero-order valence-electron chi connectivity index (χ0n) is 12.8. The van der Waals surface area contributed by atoms with Crippen LogP contribution in [-0.4, -0.2) is 54.4 Å². The summed E-state index contributed by atoms with van der Waals surface area (Å²) in [6.07, 6.45) is 6.25. The van der Waals surface area contributed by atoms with E-state index in [-0.39, 0.29) is 5.41 Å². The van der Waals surface area contributed by atoms with Crippen molar-refractivity contribution in [1.29, 1.82) is 5.41 Å². The molecule has 110 valence electrons. The van der Waals surface area contributed by atoms with E-state index in [2.05, 4.69) is 30.7 Å². The van der Waals surface area contributed by atoms with Crippen molar-refractivity contribution in [2.45, 2.75) is 58.0 Å². The van der Waals surface area contributed by atoms with Crippen LogP contribution in [0.15, 0.2) is 0 Å². The van der Waals surface area contributed by atoms with Gasteiger partial charge in [-0.15, -0.1) is 0 Å². The number of nitrogens with zero attached hydrogens (tertiary/aromatic N) is 2. The van der Waals surface area contributed by atoms with E-state index in [1.165, 1.54) is 32.4 Å². The van der Waals surface area contributed by atoms with Crippen LogP contribution in [0.5, 0.6) is 0 Å². The fourth-order valence-electron chi connectivity index (χ4n) is 3.46. The highest BCUT2D eigenvalue weighted by molar-refractivity contribution is 5.82. The zero-order chi connectivity index (χ0) is 14.0. The molecule has 2 aliphatic heterocycles. The van der Waals surface area contributed by atoms with Gasteiger partial charge in [0.2, 0.25) is 0 Å². The van der Waals surface area contributed by atoms with Gasteiger partial charge in [-0.05, 0) is 52.2 Å². The third kappa shape index (κ3) is 3.48. The van der Waals surface area contributed by atoms with Crippen molar-refractivity contribution in [3.05, 3.63) is 0 Å². The second kappa shape index (κ2) is 5.80. The molecule has 19 heavy (non-hydrogen) atoms. The maximum Gasteiger partial charge on any atom is 0.0963 e. The van der Waals surface area contributed by atoms with Gasteiger partial charge in [0.25, 0.3) is 0 Å². The first-order chi connectivity index (χ1) is 8.90. The van der Waals surface area contributed by atoms with Crippen LogP contribution < -0.4 is 5.73 Å². The largest absolute Gasteiger partial charge is 0.387 e. The summed E-state index contributed by atoms with van der Waals surface area (Å²) in [5.41, 5.74) is 5.51. The highest BCUT2D eigenvalue weighted by Crippen LogP contribution is 2.29. The first-order valence-electron chi connectivity index (χ1n) is 7.69. The molecule has 4 nitrogen and oxygen atoms in total. The van der Waals surface area contributed by atoms with Gasteiger partial charge in [-0.1, -0.05) is 13.8 Å². The van der Waals surface area contributed by atoms with Crippen LogP contribution in [0.25, 0.3) is 0 Å². The lowest BCUT2D eigenvalue weighted by Gasteiger charge is -2.28. The zero-order valence-corrected chi connectivity index (χ0v) is 12.8. The van der Waals surface area contributed by atoms with Crippen LogP contribution in [0.2, 0.25) is 0 Å². The lowest BCUT2D eigenvalue weighted by atomic mass is 9.86. The highest BCUT2D eigenvalue weighted by Gasteiger charge is 2.34. The Hall–Kier alpha value is -0.610. The lowest BCUT2D eigenvalue weighted by molar-refractivity contribution is 0.213. The van der Waals surface area contributed by atoms with Gasteiger partial charge in [0, 0.05) is 24.0 Å². The number of nitrogens with two attached hydrogens (primary N) is 1. The lowest BCUT2D eigenvalue weighted by Crippen LogP contribution is -2.37. The standard InChI is InChI=1S/C15H30N4/c1-15(2,14(16)17)8-4-9-19-10-7-12-5-6-13(11-19)18(12)3/h12-13H,4-11H2,1-3H3,(H3,16,17). The number of likely N-dealkylation sites (N-methyl/N-ethyl adjacent to an activating group) is 1. The second-order valence-electron chi connectivity index (χ2n) is 7.04. The van der Waals surface area contributed by atoms with Gasteiger partial charge in [0.05, 0.1) is 5.84 Å². The van der Waals surface area contributed by atoms with Crippen LogP contribution >= 0.6 is 0 Å². The molecule has 2 aliphatic rings. The normalized spacial score (nSPS) is 29.4. The first kappa shape index (κ1) is 14.8. The fraction of sp³-hybridized carbons (Fsp3) is 0.933. The number of hydrogen-bond donors (Lipinski definition) is 2. The average molecular weight is 266 g/mol. The Labute approximate surface area is 117 Å². The van der Waals surface area contributed by atoms with Gasteiger partial charge in [-0.2, -0.15) is 0 Å². The monoisotopic (exact) mass is 266 g/mol. The third-order valence-electron chi connectivity index (χ3n) is 5.24.